The van der Waals surface area contributed by atoms with Gasteiger partial charge in [-0.3, -0.25) is 4.90 Å². The summed E-state index contributed by atoms with van der Waals surface area (Å²) in [5.41, 5.74) is -4.92. The summed E-state index contributed by atoms with van der Waals surface area (Å²) in [5.74, 6) is 0. The van der Waals surface area contributed by atoms with Crippen LogP contribution >= 0.6 is 0 Å². The number of hydrogen-bond donors (Lipinski definition) is 0. The maximum Gasteiger partial charge on any atom is 0.430 e. The number of morpholine rings is 1. The van der Waals surface area contributed by atoms with E-state index in [-0.39, 0.29) is 26.3 Å². The van der Waals surface area contributed by atoms with Crippen LogP contribution in [0.1, 0.15) is 6.92 Å². The normalized spacial score (nSPS) is 24.1. The number of nitrogens with zero attached hydrogens (tertiary/aromatic N) is 1. The second kappa shape index (κ2) is 4.89. The first-order valence-corrected chi connectivity index (χ1v) is 5.08. The summed E-state index contributed by atoms with van der Waals surface area (Å²) in [4.78, 5) is 0.783. The van der Waals surface area contributed by atoms with Crippen molar-refractivity contribution in [2.75, 3.05) is 26.3 Å². The molecule has 0 N–H and O–H groups in total. The van der Waals surface area contributed by atoms with Gasteiger partial charge in [0.25, 0.3) is 5.67 Å². The van der Waals surface area contributed by atoms with Gasteiger partial charge in [0.15, 0.2) is 0 Å². The molecular formula is C10H14F5NO. The fourth-order valence-electron chi connectivity index (χ4n) is 1.64. The molecule has 1 saturated heterocycles. The smallest absolute Gasteiger partial charge is 0.379 e. The van der Waals surface area contributed by atoms with E-state index in [2.05, 4.69) is 6.58 Å². The Morgan fingerprint density at radius 3 is 2.06 bits per heavy atom. The topological polar surface area (TPSA) is 12.5 Å². The van der Waals surface area contributed by atoms with Crippen LogP contribution in [0.2, 0.25) is 0 Å². The first-order chi connectivity index (χ1) is 7.71. The fraction of sp³-hybridized carbons (Fsp3) is 0.800. The highest BCUT2D eigenvalue weighted by Crippen LogP contribution is 2.44. The van der Waals surface area contributed by atoms with Crippen LogP contribution in [0, 0.1) is 0 Å². The summed E-state index contributed by atoms with van der Waals surface area (Å²) in [5, 5.41) is 0. The van der Waals surface area contributed by atoms with E-state index in [0.717, 1.165) is 11.8 Å². The Hall–Kier alpha value is -0.690. The molecule has 0 aromatic heterocycles. The first kappa shape index (κ1) is 14.4. The van der Waals surface area contributed by atoms with Gasteiger partial charge in [-0.25, -0.2) is 8.78 Å². The quantitative estimate of drug-likeness (QED) is 0.438. The van der Waals surface area contributed by atoms with Crippen molar-refractivity contribution < 1.29 is 26.7 Å². The third kappa shape index (κ3) is 2.60. The highest BCUT2D eigenvalue weighted by Gasteiger charge is 2.63. The molecule has 100 valence electrons. The molecule has 1 unspecified atom stereocenters. The van der Waals surface area contributed by atoms with Gasteiger partial charge in [0, 0.05) is 13.1 Å². The third-order valence-corrected chi connectivity index (χ3v) is 2.73. The van der Waals surface area contributed by atoms with Crippen LogP contribution in [-0.2, 0) is 4.74 Å². The number of halogens is 5. The summed E-state index contributed by atoms with van der Waals surface area (Å²) < 4.78 is 70.5. The van der Waals surface area contributed by atoms with Gasteiger partial charge in [-0.05, 0) is 12.5 Å². The van der Waals surface area contributed by atoms with E-state index in [4.69, 9.17) is 4.74 Å². The summed E-state index contributed by atoms with van der Waals surface area (Å²) in [6, 6.07) is 0. The zero-order valence-corrected chi connectivity index (χ0v) is 9.36. The molecule has 1 heterocycles. The van der Waals surface area contributed by atoms with E-state index in [1.807, 2.05) is 0 Å². The SMILES string of the molecule is C=C(C)[C@@](F)(C(F)N1CCOCC1)C(F)(F)F. The Morgan fingerprint density at radius 1 is 1.24 bits per heavy atom. The summed E-state index contributed by atoms with van der Waals surface area (Å²) in [6.45, 7) is 3.78. The van der Waals surface area contributed by atoms with Gasteiger partial charge in [-0.2, -0.15) is 13.2 Å². The predicted molar refractivity (Wildman–Crippen MR) is 52.0 cm³/mol. The average Bonchev–Trinajstić information content (AvgIpc) is 2.26. The first-order valence-electron chi connectivity index (χ1n) is 5.08. The number of hydrogen-bond acceptors (Lipinski definition) is 2. The van der Waals surface area contributed by atoms with Crippen molar-refractivity contribution in [2.45, 2.75) is 25.1 Å². The van der Waals surface area contributed by atoms with E-state index in [0.29, 0.717) is 0 Å². The largest absolute Gasteiger partial charge is 0.430 e. The molecule has 0 amide bonds. The zero-order valence-electron chi connectivity index (χ0n) is 9.36. The molecule has 0 bridgehead atoms. The van der Waals surface area contributed by atoms with Gasteiger partial charge in [0.1, 0.15) is 0 Å². The molecule has 17 heavy (non-hydrogen) atoms. The maximum absolute atomic E-state index is 13.9. The number of ether oxygens (including phenoxy) is 1. The molecule has 0 aromatic rings. The minimum atomic E-state index is -5.32. The lowest BCUT2D eigenvalue weighted by molar-refractivity contribution is -0.256. The van der Waals surface area contributed by atoms with Crippen molar-refractivity contribution in [3.63, 3.8) is 0 Å². The third-order valence-electron chi connectivity index (χ3n) is 2.73. The van der Waals surface area contributed by atoms with Gasteiger partial charge in [-0.1, -0.05) is 6.58 Å². The van der Waals surface area contributed by atoms with Crippen molar-refractivity contribution in [3.8, 4) is 0 Å². The molecule has 0 aliphatic carbocycles. The lowest BCUT2D eigenvalue weighted by Crippen LogP contribution is -2.58. The van der Waals surface area contributed by atoms with Crippen LogP contribution in [-0.4, -0.2) is 49.3 Å². The van der Waals surface area contributed by atoms with Crippen molar-refractivity contribution in [2.24, 2.45) is 0 Å². The Bertz CT molecular complexity index is 287. The van der Waals surface area contributed by atoms with Crippen molar-refractivity contribution in [1.29, 1.82) is 0 Å². The second-order valence-corrected chi connectivity index (χ2v) is 3.97. The van der Waals surface area contributed by atoms with Crippen LogP contribution in [0.25, 0.3) is 0 Å². The average molecular weight is 259 g/mol. The summed E-state index contributed by atoms with van der Waals surface area (Å²) in [7, 11) is 0. The Morgan fingerprint density at radius 2 is 1.71 bits per heavy atom. The van der Waals surface area contributed by atoms with Crippen LogP contribution in [0.4, 0.5) is 22.0 Å². The molecule has 1 aliphatic rings. The Kier molecular flexibility index (Phi) is 4.14. The van der Waals surface area contributed by atoms with Crippen LogP contribution in [0.5, 0.6) is 0 Å². The highest BCUT2D eigenvalue weighted by atomic mass is 19.4. The number of rotatable bonds is 3. The van der Waals surface area contributed by atoms with Crippen molar-refractivity contribution >= 4 is 0 Å². The standard InChI is InChI=1S/C10H14F5NO/c1-7(2)9(12,10(13,14)15)8(11)16-3-5-17-6-4-16/h8H,1,3-6H2,2H3/t8?,9-/m1/s1. The fourth-order valence-corrected chi connectivity index (χ4v) is 1.64. The molecule has 0 radical (unpaired) electrons. The molecule has 1 aliphatic heterocycles. The molecular weight excluding hydrogens is 245 g/mol. The van der Waals surface area contributed by atoms with E-state index in [1.165, 1.54) is 0 Å². The molecule has 2 atom stereocenters. The van der Waals surface area contributed by atoms with Crippen molar-refractivity contribution in [1.82, 2.24) is 4.90 Å². The van der Waals surface area contributed by atoms with E-state index >= 15 is 0 Å². The van der Waals surface area contributed by atoms with E-state index in [1.54, 1.807) is 0 Å². The lowest BCUT2D eigenvalue weighted by atomic mass is 9.95. The molecule has 0 aromatic carbocycles. The van der Waals surface area contributed by atoms with E-state index in [9.17, 15) is 22.0 Å². The maximum atomic E-state index is 13.9. The predicted octanol–water partition coefficient (Wildman–Crippen LogP) is 2.46. The van der Waals surface area contributed by atoms with Gasteiger partial charge in [-0.15, -0.1) is 0 Å². The molecule has 0 saturated carbocycles. The Balaban J connectivity index is 2.94. The zero-order chi connectivity index (χ0) is 13.3. The summed E-state index contributed by atoms with van der Waals surface area (Å²) in [6.07, 6.45) is -8.11. The Labute approximate surface area is 96.0 Å². The lowest BCUT2D eigenvalue weighted by Gasteiger charge is -2.38. The minimum absolute atomic E-state index is 0.0732. The highest BCUT2D eigenvalue weighted by molar-refractivity contribution is 5.17. The molecule has 0 spiro atoms. The van der Waals surface area contributed by atoms with Gasteiger partial charge < -0.3 is 4.74 Å². The number of alkyl halides is 5. The van der Waals surface area contributed by atoms with Crippen LogP contribution < -0.4 is 0 Å². The van der Waals surface area contributed by atoms with Crippen LogP contribution in [0.3, 0.4) is 0 Å². The van der Waals surface area contributed by atoms with E-state index < -0.39 is 23.7 Å². The molecule has 1 fully saturated rings. The van der Waals surface area contributed by atoms with Crippen LogP contribution in [0.15, 0.2) is 12.2 Å². The van der Waals surface area contributed by atoms with Gasteiger partial charge >= 0.3 is 6.18 Å². The van der Waals surface area contributed by atoms with Gasteiger partial charge in [0.2, 0.25) is 6.30 Å². The molecule has 7 heteroatoms. The molecule has 1 rings (SSSR count). The van der Waals surface area contributed by atoms with Gasteiger partial charge in [0.05, 0.1) is 13.2 Å². The monoisotopic (exact) mass is 259 g/mol. The second-order valence-electron chi connectivity index (χ2n) is 3.97. The molecule has 2 nitrogen and oxygen atoms in total. The minimum Gasteiger partial charge on any atom is -0.379 e. The summed E-state index contributed by atoms with van der Waals surface area (Å²) >= 11 is 0. The van der Waals surface area contributed by atoms with Crippen molar-refractivity contribution in [3.05, 3.63) is 12.2 Å².